The van der Waals surface area contributed by atoms with Crippen LogP contribution in [-0.4, -0.2) is 16.9 Å². The molecule has 2 rings (SSSR count). The summed E-state index contributed by atoms with van der Waals surface area (Å²) in [6, 6.07) is 6.89. The summed E-state index contributed by atoms with van der Waals surface area (Å²) in [6.07, 6.45) is 1.13. The molecule has 1 unspecified atom stereocenters. The second-order valence-corrected chi connectivity index (χ2v) is 5.21. The summed E-state index contributed by atoms with van der Waals surface area (Å²) in [5, 5.41) is 21.7. The van der Waals surface area contributed by atoms with E-state index in [1.54, 1.807) is 0 Å². The number of aliphatic carboxylic acids is 1. The van der Waals surface area contributed by atoms with E-state index >= 15 is 0 Å². The van der Waals surface area contributed by atoms with E-state index in [9.17, 15) is 28.8 Å². The Morgan fingerprint density at radius 2 is 1.92 bits per heavy atom. The van der Waals surface area contributed by atoms with Gasteiger partial charge in [0.2, 0.25) is 0 Å². The van der Waals surface area contributed by atoms with Crippen molar-refractivity contribution in [2.45, 2.75) is 12.5 Å². The molecule has 6 nitrogen and oxygen atoms in total. The molecule has 0 fully saturated rings. The van der Waals surface area contributed by atoms with Crippen molar-refractivity contribution in [3.05, 3.63) is 81.4 Å². The monoisotopic (exact) mass is 370 g/mol. The van der Waals surface area contributed by atoms with E-state index in [1.807, 2.05) is 0 Å². The van der Waals surface area contributed by atoms with Gasteiger partial charge in [0.15, 0.2) is 0 Å². The molecule has 0 amide bonds. The summed E-state index contributed by atoms with van der Waals surface area (Å²) in [6.45, 7) is 0. The second kappa shape index (κ2) is 9.54. The van der Waals surface area contributed by atoms with Crippen molar-refractivity contribution in [3.63, 3.8) is 0 Å². The van der Waals surface area contributed by atoms with Crippen LogP contribution in [0, 0.1) is 21.7 Å². The van der Waals surface area contributed by atoms with E-state index in [2.05, 4.69) is 0 Å². The number of hydrogen-bond acceptors (Lipinski definition) is 5. The van der Waals surface area contributed by atoms with Crippen molar-refractivity contribution in [1.29, 1.82) is 0 Å². The summed E-state index contributed by atoms with van der Waals surface area (Å²) in [5.74, 6) is -3.17. The zero-order chi connectivity index (χ0) is 18.6. The first kappa shape index (κ1) is 21.9. The van der Waals surface area contributed by atoms with Crippen molar-refractivity contribution >= 4 is 17.2 Å². The molecule has 2 aromatic rings. The van der Waals surface area contributed by atoms with Gasteiger partial charge in [-0.3, -0.25) is 10.1 Å². The first-order valence-electron chi connectivity index (χ1n) is 7.16. The Morgan fingerprint density at radius 3 is 2.50 bits per heavy atom. The largest absolute Gasteiger partial charge is 1.00 e. The number of nitrogens with two attached hydrogens (primary N) is 1. The number of carboxylic acid groups (broad SMARTS) is 1. The van der Waals surface area contributed by atoms with Gasteiger partial charge in [-0.15, -0.1) is 0 Å². The Balaban J connectivity index is 0.00000338. The van der Waals surface area contributed by atoms with Crippen LogP contribution in [0.2, 0.25) is 0 Å². The van der Waals surface area contributed by atoms with Crippen LogP contribution in [0.4, 0.5) is 14.5 Å². The molecule has 1 atom stereocenters. The summed E-state index contributed by atoms with van der Waals surface area (Å²) in [5.41, 5.74) is 5.56. The van der Waals surface area contributed by atoms with Crippen molar-refractivity contribution in [2.75, 3.05) is 0 Å². The fraction of sp³-hybridized carbons (Fsp3) is 0.118. The molecule has 0 aliphatic carbocycles. The molecule has 0 radical (unpaired) electrons. The normalized spacial score (nSPS) is 12.2. The number of hydrogen-bond donors (Lipinski definition) is 1. The van der Waals surface area contributed by atoms with Gasteiger partial charge in [-0.05, 0) is 29.7 Å². The van der Waals surface area contributed by atoms with Gasteiger partial charge in [0.1, 0.15) is 11.6 Å². The number of carbonyl (C=O) groups is 1. The maximum absolute atomic E-state index is 14.2. The molecule has 0 aromatic heterocycles. The van der Waals surface area contributed by atoms with Crippen LogP contribution in [0.3, 0.4) is 0 Å². The molecule has 26 heavy (non-hydrogen) atoms. The molecule has 0 bridgehead atoms. The number of non-ortho nitro benzene ring substituents is 1. The van der Waals surface area contributed by atoms with Gasteiger partial charge in [-0.2, -0.15) is 0 Å². The Hall–Kier alpha value is -2.13. The van der Waals surface area contributed by atoms with Crippen molar-refractivity contribution in [1.82, 2.24) is 0 Å². The number of rotatable bonds is 6. The third-order valence-electron chi connectivity index (χ3n) is 3.47. The van der Waals surface area contributed by atoms with Crippen molar-refractivity contribution in [2.24, 2.45) is 5.73 Å². The number of benzene rings is 2. The summed E-state index contributed by atoms with van der Waals surface area (Å²) >= 11 is 0. The first-order chi connectivity index (χ1) is 11.8. The van der Waals surface area contributed by atoms with Crippen molar-refractivity contribution in [3.8, 4) is 0 Å². The van der Waals surface area contributed by atoms with E-state index in [-0.39, 0.29) is 58.4 Å². The average Bonchev–Trinajstić information content (AvgIpc) is 2.56. The first-order valence-corrected chi connectivity index (χ1v) is 7.16. The molecule has 0 saturated carbocycles. The van der Waals surface area contributed by atoms with Crippen molar-refractivity contribution < 1.29 is 53.2 Å². The smallest absolute Gasteiger partial charge is 0.548 e. The zero-order valence-corrected chi connectivity index (χ0v) is 15.8. The van der Waals surface area contributed by atoms with Gasteiger partial charge in [-0.1, -0.05) is 18.2 Å². The predicted molar refractivity (Wildman–Crippen MR) is 84.1 cm³/mol. The fourth-order valence-electron chi connectivity index (χ4n) is 2.22. The zero-order valence-electron chi connectivity index (χ0n) is 13.8. The quantitative estimate of drug-likeness (QED) is 0.389. The Kier molecular flexibility index (Phi) is 8.04. The fourth-order valence-corrected chi connectivity index (χ4v) is 2.22. The van der Waals surface area contributed by atoms with Gasteiger partial charge in [-0.25, -0.2) is 8.78 Å². The third kappa shape index (κ3) is 5.43. The van der Waals surface area contributed by atoms with Crippen LogP contribution >= 0.6 is 0 Å². The Morgan fingerprint density at radius 1 is 1.23 bits per heavy atom. The number of nitro benzene ring substituents is 1. The number of nitrogens with zero attached hydrogens (tertiary/aromatic N) is 1. The minimum Gasteiger partial charge on any atom is -0.548 e. The van der Waals surface area contributed by atoms with Gasteiger partial charge >= 0.3 is 29.6 Å². The van der Waals surface area contributed by atoms with E-state index in [0.717, 1.165) is 6.07 Å². The van der Waals surface area contributed by atoms with Crippen LogP contribution in [0.1, 0.15) is 17.5 Å². The van der Waals surface area contributed by atoms with Gasteiger partial charge in [0.25, 0.3) is 5.69 Å². The summed E-state index contributed by atoms with van der Waals surface area (Å²) in [7, 11) is 0. The second-order valence-electron chi connectivity index (χ2n) is 5.21. The topological polar surface area (TPSA) is 109 Å². The van der Waals surface area contributed by atoms with E-state index < -0.39 is 28.6 Å². The van der Waals surface area contributed by atoms with Crippen LogP contribution in [0.15, 0.2) is 48.5 Å². The maximum atomic E-state index is 14.2. The molecule has 130 valence electrons. The maximum Gasteiger partial charge on any atom is 1.00 e. The molecular formula is C17H13F2N2NaO4. The molecule has 0 heterocycles. The standard InChI is InChI=1S/C17H14F2N2O4.Na/c18-11-4-5-14(15(19)9-11)13(6-7-16(20)17(22)23)10-2-1-3-12(8-10)21(24)25;/h1-6,8-9,16H,7,20H2,(H,22,23);/q;+1/p-1/b13-6+;. The molecule has 2 N–H and O–H groups in total. The molecule has 0 spiro atoms. The van der Waals surface area contributed by atoms with Gasteiger partial charge < -0.3 is 15.6 Å². The molecular weight excluding hydrogens is 357 g/mol. The minimum absolute atomic E-state index is 0. The molecule has 2 aromatic carbocycles. The van der Waals surface area contributed by atoms with Crippen LogP contribution in [0.25, 0.3) is 5.57 Å². The Labute approximate surface area is 169 Å². The summed E-state index contributed by atoms with van der Waals surface area (Å²) in [4.78, 5) is 21.1. The minimum atomic E-state index is -1.49. The predicted octanol–water partition coefficient (Wildman–Crippen LogP) is -1.22. The van der Waals surface area contributed by atoms with Gasteiger partial charge in [0, 0.05) is 29.8 Å². The molecule has 0 saturated heterocycles. The van der Waals surface area contributed by atoms with Crippen LogP contribution in [-0.2, 0) is 4.79 Å². The van der Waals surface area contributed by atoms with Crippen LogP contribution in [0.5, 0.6) is 0 Å². The van der Waals surface area contributed by atoms with Crippen LogP contribution < -0.4 is 40.4 Å². The Bertz CT molecular complexity index is 858. The number of nitro groups is 1. The van der Waals surface area contributed by atoms with E-state index in [1.165, 1.54) is 36.4 Å². The molecule has 0 aliphatic heterocycles. The van der Waals surface area contributed by atoms with E-state index in [0.29, 0.717) is 6.07 Å². The summed E-state index contributed by atoms with van der Waals surface area (Å²) < 4.78 is 27.3. The third-order valence-corrected chi connectivity index (χ3v) is 3.47. The average molecular weight is 370 g/mol. The number of carbonyl (C=O) groups excluding carboxylic acids is 1. The van der Waals surface area contributed by atoms with Gasteiger partial charge in [0.05, 0.1) is 10.9 Å². The SMILES string of the molecule is NC(C/C=C(\c1cccc([N+](=O)[O-])c1)c1ccc(F)cc1F)C(=O)[O-].[Na+]. The molecule has 0 aliphatic rings. The van der Waals surface area contributed by atoms with E-state index in [4.69, 9.17) is 5.73 Å². The number of carboxylic acids is 1. The number of halogens is 2. The molecule has 9 heteroatoms.